The van der Waals surface area contributed by atoms with Crippen LogP contribution in [0.3, 0.4) is 0 Å². The average Bonchev–Trinajstić information content (AvgIpc) is 2.90. The fourth-order valence-corrected chi connectivity index (χ4v) is 2.93. The third kappa shape index (κ3) is 2.28. The van der Waals surface area contributed by atoms with Gasteiger partial charge in [-0.2, -0.15) is 5.10 Å². The van der Waals surface area contributed by atoms with Gasteiger partial charge in [-0.3, -0.25) is 0 Å². The lowest BCUT2D eigenvalue weighted by atomic mass is 9.97. The summed E-state index contributed by atoms with van der Waals surface area (Å²) >= 11 is 0. The molecule has 1 heterocycles. The lowest BCUT2D eigenvalue weighted by Gasteiger charge is -2.08. The second-order valence-electron chi connectivity index (χ2n) is 5.58. The second-order valence-corrected chi connectivity index (χ2v) is 5.58. The summed E-state index contributed by atoms with van der Waals surface area (Å²) < 4.78 is 1.76. The Hall–Kier alpha value is -3.01. The summed E-state index contributed by atoms with van der Waals surface area (Å²) in [5, 5.41) is 17.5. The third-order valence-corrected chi connectivity index (χ3v) is 4.07. The molecule has 0 spiro atoms. The molecule has 0 amide bonds. The van der Waals surface area contributed by atoms with E-state index in [9.17, 15) is 0 Å². The van der Waals surface area contributed by atoms with Crippen molar-refractivity contribution < 1.29 is 0 Å². The minimum Gasteiger partial charge on any atom is -0.202 e. The van der Waals surface area contributed by atoms with Crippen molar-refractivity contribution >= 4 is 27.8 Å². The molecule has 0 radical (unpaired) electrons. The van der Waals surface area contributed by atoms with Gasteiger partial charge in [0.2, 0.25) is 0 Å². The molecule has 0 unspecified atom stereocenters. The van der Waals surface area contributed by atoms with Crippen LogP contribution in [0.25, 0.3) is 21.5 Å². The van der Waals surface area contributed by atoms with E-state index in [-0.39, 0.29) is 0 Å². The summed E-state index contributed by atoms with van der Waals surface area (Å²) in [6.07, 6.45) is 1.91. The first-order valence-corrected chi connectivity index (χ1v) is 7.57. The molecule has 0 aliphatic heterocycles. The fraction of sp³-hybridized carbons (Fsp3) is 0.105. The molecular formula is C19H16N4. The van der Waals surface area contributed by atoms with Gasteiger partial charge in [0.1, 0.15) is 0 Å². The highest BCUT2D eigenvalue weighted by atomic mass is 15.4. The summed E-state index contributed by atoms with van der Waals surface area (Å²) in [5.41, 5.74) is 1.12. The lowest BCUT2D eigenvalue weighted by molar-refractivity contribution is 0.799. The average molecular weight is 300 g/mol. The molecule has 0 bridgehead atoms. The quantitative estimate of drug-likeness (QED) is 0.413. The standard InChI is InChI=1S/C19H16N4/c1-13-21-22-14(2)23(13)20-12-19-17-9-5-3-7-15(17)11-16-8-4-6-10-18(16)19/h3-12H,1-2H3/b20-12+. The summed E-state index contributed by atoms with van der Waals surface area (Å²) in [6.45, 7) is 3.80. The van der Waals surface area contributed by atoms with E-state index in [4.69, 9.17) is 0 Å². The lowest BCUT2D eigenvalue weighted by Crippen LogP contribution is -1.97. The number of nitrogens with zero attached hydrogens (tertiary/aromatic N) is 4. The molecule has 0 fully saturated rings. The van der Waals surface area contributed by atoms with Crippen LogP contribution in [0, 0.1) is 13.8 Å². The van der Waals surface area contributed by atoms with Gasteiger partial charge in [-0.1, -0.05) is 48.5 Å². The van der Waals surface area contributed by atoms with Gasteiger partial charge in [0.05, 0.1) is 6.21 Å². The van der Waals surface area contributed by atoms with Crippen molar-refractivity contribution in [3.05, 3.63) is 71.8 Å². The van der Waals surface area contributed by atoms with Gasteiger partial charge >= 0.3 is 0 Å². The maximum absolute atomic E-state index is 4.60. The van der Waals surface area contributed by atoms with Crippen molar-refractivity contribution in [1.82, 2.24) is 14.9 Å². The number of benzene rings is 3. The number of fused-ring (bicyclic) bond motifs is 2. The van der Waals surface area contributed by atoms with Crippen molar-refractivity contribution in [1.29, 1.82) is 0 Å². The highest BCUT2D eigenvalue weighted by Gasteiger charge is 2.06. The van der Waals surface area contributed by atoms with E-state index < -0.39 is 0 Å². The SMILES string of the molecule is Cc1nnc(C)n1/N=C/c1c2ccccc2cc2ccccc12. The first-order valence-electron chi connectivity index (χ1n) is 7.57. The summed E-state index contributed by atoms with van der Waals surface area (Å²) in [5.74, 6) is 1.56. The summed E-state index contributed by atoms with van der Waals surface area (Å²) in [4.78, 5) is 0. The Kier molecular flexibility index (Phi) is 3.15. The molecule has 3 aromatic carbocycles. The van der Waals surface area contributed by atoms with Crippen LogP contribution in [0.5, 0.6) is 0 Å². The number of hydrogen-bond donors (Lipinski definition) is 0. The zero-order chi connectivity index (χ0) is 15.8. The van der Waals surface area contributed by atoms with Crippen molar-refractivity contribution in [2.75, 3.05) is 0 Å². The molecule has 0 aliphatic rings. The highest BCUT2D eigenvalue weighted by molar-refractivity contribution is 6.13. The van der Waals surface area contributed by atoms with Gasteiger partial charge < -0.3 is 0 Å². The van der Waals surface area contributed by atoms with Crippen LogP contribution in [-0.2, 0) is 0 Å². The third-order valence-electron chi connectivity index (χ3n) is 4.07. The van der Waals surface area contributed by atoms with E-state index in [1.807, 2.05) is 20.1 Å². The van der Waals surface area contributed by atoms with Crippen molar-refractivity contribution in [3.8, 4) is 0 Å². The molecule has 4 nitrogen and oxygen atoms in total. The van der Waals surface area contributed by atoms with Crippen LogP contribution < -0.4 is 0 Å². The Morgan fingerprint density at radius 2 is 1.35 bits per heavy atom. The van der Waals surface area contributed by atoms with E-state index in [2.05, 4.69) is 69.9 Å². The van der Waals surface area contributed by atoms with Gasteiger partial charge in [-0.15, -0.1) is 10.2 Å². The highest BCUT2D eigenvalue weighted by Crippen LogP contribution is 2.27. The van der Waals surface area contributed by atoms with Crippen LogP contribution in [0.4, 0.5) is 0 Å². The van der Waals surface area contributed by atoms with E-state index in [1.54, 1.807) is 4.68 Å². The second kappa shape index (κ2) is 5.32. The van der Waals surface area contributed by atoms with Gasteiger partial charge in [0, 0.05) is 5.56 Å². The number of aromatic nitrogens is 3. The van der Waals surface area contributed by atoms with E-state index >= 15 is 0 Å². The molecule has 23 heavy (non-hydrogen) atoms. The molecule has 0 N–H and O–H groups in total. The Morgan fingerprint density at radius 1 is 0.826 bits per heavy atom. The number of aryl methyl sites for hydroxylation is 2. The van der Waals surface area contributed by atoms with Crippen molar-refractivity contribution in [2.24, 2.45) is 5.10 Å². The van der Waals surface area contributed by atoms with Gasteiger partial charge in [-0.25, -0.2) is 4.68 Å². The monoisotopic (exact) mass is 300 g/mol. The first-order chi connectivity index (χ1) is 11.2. The van der Waals surface area contributed by atoms with Crippen LogP contribution in [0.1, 0.15) is 17.2 Å². The van der Waals surface area contributed by atoms with Gasteiger partial charge in [0.25, 0.3) is 0 Å². The molecule has 0 atom stereocenters. The Balaban J connectivity index is 2.00. The fourth-order valence-electron chi connectivity index (χ4n) is 2.93. The van der Waals surface area contributed by atoms with Crippen LogP contribution in [0.2, 0.25) is 0 Å². The van der Waals surface area contributed by atoms with Gasteiger partial charge in [0.15, 0.2) is 11.6 Å². The predicted octanol–water partition coefficient (Wildman–Crippen LogP) is 4.08. The Morgan fingerprint density at radius 3 is 1.91 bits per heavy atom. The normalized spacial score (nSPS) is 11.7. The smallest absolute Gasteiger partial charge is 0.151 e. The number of rotatable bonds is 2. The zero-order valence-corrected chi connectivity index (χ0v) is 13.1. The predicted molar refractivity (Wildman–Crippen MR) is 93.9 cm³/mol. The Bertz CT molecular complexity index is 970. The van der Waals surface area contributed by atoms with Crippen LogP contribution in [-0.4, -0.2) is 21.1 Å². The maximum atomic E-state index is 4.60. The van der Waals surface area contributed by atoms with Crippen molar-refractivity contribution in [3.63, 3.8) is 0 Å². The van der Waals surface area contributed by atoms with Crippen LogP contribution in [0.15, 0.2) is 59.7 Å². The molecule has 112 valence electrons. The summed E-state index contributed by atoms with van der Waals surface area (Å²) in [6, 6.07) is 19.0. The molecule has 1 aromatic heterocycles. The molecule has 0 saturated heterocycles. The van der Waals surface area contributed by atoms with Crippen LogP contribution >= 0.6 is 0 Å². The minimum absolute atomic E-state index is 0.781. The maximum Gasteiger partial charge on any atom is 0.151 e. The molecule has 0 saturated carbocycles. The van der Waals surface area contributed by atoms with E-state index in [0.29, 0.717) is 0 Å². The molecule has 4 heteroatoms. The first kappa shape index (κ1) is 13.6. The molecule has 0 aliphatic carbocycles. The molecule has 4 rings (SSSR count). The zero-order valence-electron chi connectivity index (χ0n) is 13.1. The van der Waals surface area contributed by atoms with E-state index in [0.717, 1.165) is 17.2 Å². The summed E-state index contributed by atoms with van der Waals surface area (Å²) in [7, 11) is 0. The molecular weight excluding hydrogens is 284 g/mol. The largest absolute Gasteiger partial charge is 0.202 e. The van der Waals surface area contributed by atoms with Crippen molar-refractivity contribution in [2.45, 2.75) is 13.8 Å². The minimum atomic E-state index is 0.781. The molecule has 4 aromatic rings. The number of hydrogen-bond acceptors (Lipinski definition) is 3. The topological polar surface area (TPSA) is 43.1 Å². The van der Waals surface area contributed by atoms with Gasteiger partial charge in [-0.05, 0) is 41.5 Å². The Labute approximate surface area is 134 Å². The van der Waals surface area contributed by atoms with E-state index in [1.165, 1.54) is 21.5 Å².